The summed E-state index contributed by atoms with van der Waals surface area (Å²) in [4.78, 5) is 0. The molecule has 2 unspecified atom stereocenters. The van der Waals surface area contributed by atoms with Gasteiger partial charge >= 0.3 is 0 Å². The number of hydrogen-bond acceptors (Lipinski definition) is 1. The third-order valence-corrected chi connectivity index (χ3v) is 5.44. The Kier molecular flexibility index (Phi) is 5.36. The minimum Gasteiger partial charge on any atom is -0.380 e. The summed E-state index contributed by atoms with van der Waals surface area (Å²) in [6.07, 6.45) is 5.38. The molecule has 1 N–H and O–H groups in total. The predicted molar refractivity (Wildman–Crippen MR) is 90.8 cm³/mol. The fourth-order valence-electron chi connectivity index (χ4n) is 3.16. The summed E-state index contributed by atoms with van der Waals surface area (Å²) in [7, 11) is 0. The Labute approximate surface area is 133 Å². The van der Waals surface area contributed by atoms with Crippen LogP contribution in [0.4, 0.5) is 5.69 Å². The highest BCUT2D eigenvalue weighted by atomic mass is 79.9. The number of anilines is 1. The van der Waals surface area contributed by atoms with Crippen molar-refractivity contribution in [2.45, 2.75) is 52.5 Å². The zero-order valence-electron chi connectivity index (χ0n) is 12.0. The van der Waals surface area contributed by atoms with Crippen molar-refractivity contribution in [3.05, 3.63) is 26.6 Å². The average Bonchev–Trinajstić information content (AvgIpc) is 2.34. The maximum Gasteiger partial charge on any atom is 0.0631 e. The lowest BCUT2D eigenvalue weighted by Gasteiger charge is -2.36. The van der Waals surface area contributed by atoms with Gasteiger partial charge in [-0.05, 0) is 81.2 Å². The van der Waals surface area contributed by atoms with Crippen LogP contribution in [0.3, 0.4) is 0 Å². The van der Waals surface area contributed by atoms with Crippen LogP contribution in [0.1, 0.15) is 45.1 Å². The first kappa shape index (κ1) is 15.4. The summed E-state index contributed by atoms with van der Waals surface area (Å²) in [6.45, 7) is 6.82. The quantitative estimate of drug-likeness (QED) is 0.654. The molecule has 2 rings (SSSR count). The van der Waals surface area contributed by atoms with E-state index in [-0.39, 0.29) is 0 Å². The second kappa shape index (κ2) is 6.62. The zero-order chi connectivity index (χ0) is 14.0. The molecule has 2 atom stereocenters. The molecule has 0 bridgehead atoms. The zero-order valence-corrected chi connectivity index (χ0v) is 15.1. The molecule has 0 heterocycles. The van der Waals surface area contributed by atoms with E-state index >= 15 is 0 Å². The van der Waals surface area contributed by atoms with Crippen LogP contribution in [0.15, 0.2) is 21.1 Å². The number of benzene rings is 1. The van der Waals surface area contributed by atoms with Crippen molar-refractivity contribution in [3.8, 4) is 0 Å². The number of hydrogen-bond donors (Lipinski definition) is 1. The van der Waals surface area contributed by atoms with Gasteiger partial charge in [-0.25, -0.2) is 0 Å². The summed E-state index contributed by atoms with van der Waals surface area (Å²) < 4.78 is 2.32. The van der Waals surface area contributed by atoms with Crippen LogP contribution in [0.5, 0.6) is 0 Å². The van der Waals surface area contributed by atoms with Crippen LogP contribution in [-0.2, 0) is 0 Å². The number of aryl methyl sites for hydroxylation is 1. The Morgan fingerprint density at radius 1 is 1.11 bits per heavy atom. The van der Waals surface area contributed by atoms with Crippen molar-refractivity contribution in [3.63, 3.8) is 0 Å². The molecular weight excluding hydrogens is 366 g/mol. The van der Waals surface area contributed by atoms with Gasteiger partial charge in [0.1, 0.15) is 0 Å². The molecule has 0 amide bonds. The number of halogens is 2. The van der Waals surface area contributed by atoms with Gasteiger partial charge < -0.3 is 5.32 Å². The maximum atomic E-state index is 3.78. The van der Waals surface area contributed by atoms with E-state index < -0.39 is 0 Å². The van der Waals surface area contributed by atoms with Crippen LogP contribution in [0, 0.1) is 18.8 Å². The Bertz CT molecular complexity index is 419. The van der Waals surface area contributed by atoms with Gasteiger partial charge in [-0.2, -0.15) is 0 Å². The van der Waals surface area contributed by atoms with Gasteiger partial charge in [-0.15, -0.1) is 0 Å². The average molecular weight is 389 g/mol. The van der Waals surface area contributed by atoms with Crippen molar-refractivity contribution in [1.82, 2.24) is 0 Å². The van der Waals surface area contributed by atoms with Crippen molar-refractivity contribution < 1.29 is 0 Å². The molecule has 106 valence electrons. The van der Waals surface area contributed by atoms with Crippen molar-refractivity contribution >= 4 is 37.5 Å². The normalized spacial score (nSPS) is 23.7. The SMILES string of the molecule is Cc1cc(Br)c(NC2CCCCC2C(C)C)c(Br)c1. The molecule has 0 saturated heterocycles. The summed E-state index contributed by atoms with van der Waals surface area (Å²) in [5.41, 5.74) is 2.48. The van der Waals surface area contributed by atoms with Gasteiger partial charge in [0.05, 0.1) is 5.69 Å². The Morgan fingerprint density at radius 3 is 2.26 bits per heavy atom. The first-order chi connectivity index (χ1) is 8.99. The molecule has 1 nitrogen and oxygen atoms in total. The van der Waals surface area contributed by atoms with Crippen molar-refractivity contribution in [1.29, 1.82) is 0 Å². The number of nitrogens with one attached hydrogen (secondary N) is 1. The first-order valence-corrected chi connectivity index (χ1v) is 8.80. The van der Waals surface area contributed by atoms with E-state index in [4.69, 9.17) is 0 Å². The van der Waals surface area contributed by atoms with E-state index in [1.807, 2.05) is 0 Å². The maximum absolute atomic E-state index is 3.78. The first-order valence-electron chi connectivity index (χ1n) is 7.21. The minimum absolute atomic E-state index is 0.601. The fourth-order valence-corrected chi connectivity index (χ4v) is 4.80. The Hall–Kier alpha value is -0.0200. The van der Waals surface area contributed by atoms with Gasteiger partial charge in [0, 0.05) is 15.0 Å². The van der Waals surface area contributed by atoms with E-state index in [1.165, 1.54) is 36.9 Å². The number of rotatable bonds is 3. The van der Waals surface area contributed by atoms with Crippen LogP contribution < -0.4 is 5.32 Å². The largest absolute Gasteiger partial charge is 0.380 e. The van der Waals surface area contributed by atoms with E-state index in [2.05, 4.69) is 70.1 Å². The highest BCUT2D eigenvalue weighted by Gasteiger charge is 2.28. The van der Waals surface area contributed by atoms with E-state index in [1.54, 1.807) is 0 Å². The molecule has 0 aromatic heterocycles. The van der Waals surface area contributed by atoms with Crippen molar-refractivity contribution in [2.24, 2.45) is 11.8 Å². The topological polar surface area (TPSA) is 12.0 Å². The van der Waals surface area contributed by atoms with E-state index in [9.17, 15) is 0 Å². The van der Waals surface area contributed by atoms with Crippen LogP contribution in [-0.4, -0.2) is 6.04 Å². The van der Waals surface area contributed by atoms with Gasteiger partial charge in [-0.3, -0.25) is 0 Å². The third-order valence-electron chi connectivity index (χ3n) is 4.19. The summed E-state index contributed by atoms with van der Waals surface area (Å²) in [5, 5.41) is 3.78. The third kappa shape index (κ3) is 3.75. The fraction of sp³-hybridized carbons (Fsp3) is 0.625. The molecule has 0 aliphatic heterocycles. The highest BCUT2D eigenvalue weighted by Crippen LogP contribution is 2.37. The summed E-state index contributed by atoms with van der Waals surface area (Å²) in [6, 6.07) is 4.96. The molecule has 1 aromatic rings. The molecule has 1 aliphatic carbocycles. The molecule has 0 spiro atoms. The molecule has 1 aromatic carbocycles. The molecule has 0 radical (unpaired) electrons. The lowest BCUT2D eigenvalue weighted by molar-refractivity contribution is 0.253. The second-order valence-corrected chi connectivity index (χ2v) is 7.76. The summed E-state index contributed by atoms with van der Waals surface area (Å²) >= 11 is 7.38. The molecular formula is C16H23Br2N. The molecule has 1 fully saturated rings. The predicted octanol–water partition coefficient (Wildman–Crippen LogP) is 6.15. The van der Waals surface area contributed by atoms with Gasteiger partial charge in [0.15, 0.2) is 0 Å². The van der Waals surface area contributed by atoms with Crippen molar-refractivity contribution in [2.75, 3.05) is 5.32 Å². The van der Waals surface area contributed by atoms with Gasteiger partial charge in [0.25, 0.3) is 0 Å². The molecule has 3 heteroatoms. The van der Waals surface area contributed by atoms with Gasteiger partial charge in [0.2, 0.25) is 0 Å². The highest BCUT2D eigenvalue weighted by molar-refractivity contribution is 9.11. The Balaban J connectivity index is 2.19. The second-order valence-electron chi connectivity index (χ2n) is 6.05. The molecule has 1 saturated carbocycles. The standard InChI is InChI=1S/C16H23Br2N/c1-10(2)12-6-4-5-7-15(12)19-16-13(17)8-11(3)9-14(16)18/h8-10,12,15,19H,4-7H2,1-3H3. The lowest BCUT2D eigenvalue weighted by Crippen LogP contribution is -2.35. The smallest absolute Gasteiger partial charge is 0.0631 e. The van der Waals surface area contributed by atoms with Crippen LogP contribution in [0.25, 0.3) is 0 Å². The van der Waals surface area contributed by atoms with Gasteiger partial charge in [-0.1, -0.05) is 26.7 Å². The monoisotopic (exact) mass is 387 g/mol. The summed E-state index contributed by atoms with van der Waals surface area (Å²) in [5.74, 6) is 1.54. The van der Waals surface area contributed by atoms with E-state index in [0.29, 0.717) is 6.04 Å². The van der Waals surface area contributed by atoms with Crippen LogP contribution >= 0.6 is 31.9 Å². The minimum atomic E-state index is 0.601. The Morgan fingerprint density at radius 2 is 1.68 bits per heavy atom. The molecule has 1 aliphatic rings. The lowest BCUT2D eigenvalue weighted by atomic mass is 9.78. The van der Waals surface area contributed by atoms with Crippen LogP contribution in [0.2, 0.25) is 0 Å². The molecule has 19 heavy (non-hydrogen) atoms. The van der Waals surface area contributed by atoms with E-state index in [0.717, 1.165) is 20.8 Å².